The zero-order valence-electron chi connectivity index (χ0n) is 27.4. The maximum Gasteiger partial charge on any atom is 0.354 e. The Hall–Kier alpha value is -5.10. The van der Waals surface area contributed by atoms with Crippen LogP contribution in [0.4, 0.5) is 15.9 Å². The SMILES string of the molecule is C=CC(=O)N1CC(C)N2c3nc(=O)n(-c4c(C)ccnc4C(C)C)c4c(Cl)c(-c5c(C)ccc6[nH]ncc56)c(F)c(c34)N(C)C(=O)C2C1. The van der Waals surface area contributed by atoms with Crippen molar-refractivity contribution in [2.45, 2.75) is 52.6 Å². The van der Waals surface area contributed by atoms with Crippen molar-refractivity contribution in [1.29, 1.82) is 0 Å². The topological polar surface area (TPSA) is 120 Å². The lowest BCUT2D eigenvalue weighted by molar-refractivity contribution is -0.129. The number of carbonyl (C=O) groups excluding carboxylic acids is 2. The maximum atomic E-state index is 17.6. The normalized spacial score (nSPS) is 17.8. The second kappa shape index (κ2) is 11.3. The third-order valence-electron chi connectivity index (χ3n) is 9.55. The van der Waals surface area contributed by atoms with Crippen LogP contribution in [0.3, 0.4) is 0 Å². The van der Waals surface area contributed by atoms with E-state index in [-0.39, 0.29) is 57.9 Å². The number of carbonyl (C=O) groups is 2. The first-order valence-electron chi connectivity index (χ1n) is 15.7. The molecule has 7 rings (SSSR count). The van der Waals surface area contributed by atoms with Gasteiger partial charge in [-0.25, -0.2) is 9.18 Å². The highest BCUT2D eigenvalue weighted by molar-refractivity contribution is 6.40. The van der Waals surface area contributed by atoms with E-state index in [1.165, 1.54) is 27.5 Å². The number of amides is 2. The predicted octanol–water partition coefficient (Wildman–Crippen LogP) is 5.42. The molecular weight excluding hydrogens is 635 g/mol. The number of piperazine rings is 1. The predicted molar refractivity (Wildman–Crippen MR) is 185 cm³/mol. The summed E-state index contributed by atoms with van der Waals surface area (Å²) in [5, 5.41) is 7.95. The third-order valence-corrected chi connectivity index (χ3v) is 9.91. The average Bonchev–Trinajstić information content (AvgIpc) is 3.50. The smallest absolute Gasteiger partial charge is 0.337 e. The number of benzene rings is 2. The zero-order valence-corrected chi connectivity index (χ0v) is 28.2. The number of fused-ring (bicyclic) bond motifs is 3. The molecule has 2 unspecified atom stereocenters. The number of aromatic amines is 1. The first-order chi connectivity index (χ1) is 22.9. The summed E-state index contributed by atoms with van der Waals surface area (Å²) in [5.74, 6) is -1.51. The van der Waals surface area contributed by atoms with Gasteiger partial charge in [0.2, 0.25) is 5.91 Å². The molecule has 2 atom stereocenters. The van der Waals surface area contributed by atoms with E-state index in [0.29, 0.717) is 33.4 Å². The van der Waals surface area contributed by atoms with Crippen LogP contribution < -0.4 is 15.5 Å². The van der Waals surface area contributed by atoms with Crippen LogP contribution in [-0.2, 0) is 9.59 Å². The summed E-state index contributed by atoms with van der Waals surface area (Å²) in [7, 11) is 1.50. The summed E-state index contributed by atoms with van der Waals surface area (Å²) in [4.78, 5) is 55.5. The summed E-state index contributed by atoms with van der Waals surface area (Å²) in [6.45, 7) is 13.3. The third kappa shape index (κ3) is 4.38. The minimum Gasteiger partial charge on any atom is -0.337 e. The van der Waals surface area contributed by atoms with Crippen LogP contribution >= 0.6 is 11.6 Å². The lowest BCUT2D eigenvalue weighted by atomic mass is 9.93. The van der Waals surface area contributed by atoms with Crippen molar-refractivity contribution in [3.8, 4) is 16.8 Å². The number of aromatic nitrogens is 5. The second-order valence-electron chi connectivity index (χ2n) is 12.9. The van der Waals surface area contributed by atoms with Gasteiger partial charge in [-0.15, -0.1) is 0 Å². The fraction of sp³-hybridized carbons (Fsp3) is 0.314. The van der Waals surface area contributed by atoms with Crippen LogP contribution in [-0.4, -0.2) is 73.7 Å². The largest absolute Gasteiger partial charge is 0.354 e. The van der Waals surface area contributed by atoms with E-state index in [1.54, 1.807) is 23.4 Å². The summed E-state index contributed by atoms with van der Waals surface area (Å²) in [6, 6.07) is 4.04. The van der Waals surface area contributed by atoms with Crippen LogP contribution in [0.1, 0.15) is 43.5 Å². The molecule has 1 N–H and O–H groups in total. The number of halogens is 2. The number of H-pyrrole nitrogens is 1. The molecule has 0 spiro atoms. The van der Waals surface area contributed by atoms with Gasteiger partial charge in [0.1, 0.15) is 11.9 Å². The average molecular weight is 669 g/mol. The number of anilines is 2. The van der Waals surface area contributed by atoms with Crippen molar-refractivity contribution >= 4 is 56.7 Å². The molecule has 0 aliphatic carbocycles. The fourth-order valence-electron chi connectivity index (χ4n) is 7.33. The molecule has 0 radical (unpaired) electrons. The molecule has 2 aliphatic rings. The Morgan fingerprint density at radius 1 is 1.12 bits per heavy atom. The Bertz CT molecular complexity index is 2280. The number of likely N-dealkylation sites (N-methyl/N-ethyl adjacent to an activating group) is 1. The van der Waals surface area contributed by atoms with Gasteiger partial charge in [0.25, 0.3) is 5.91 Å². The van der Waals surface area contributed by atoms with Gasteiger partial charge in [0.15, 0.2) is 5.82 Å². The van der Waals surface area contributed by atoms with E-state index in [4.69, 9.17) is 11.6 Å². The molecule has 2 aromatic carbocycles. The van der Waals surface area contributed by atoms with Crippen molar-refractivity contribution in [2.24, 2.45) is 0 Å². The minimum absolute atomic E-state index is 0.00648. The van der Waals surface area contributed by atoms with E-state index in [0.717, 1.165) is 5.56 Å². The summed E-state index contributed by atoms with van der Waals surface area (Å²) in [6.07, 6.45) is 4.48. The van der Waals surface area contributed by atoms with Crippen LogP contribution in [0.5, 0.6) is 0 Å². The van der Waals surface area contributed by atoms with E-state index in [1.807, 2.05) is 46.8 Å². The number of hydrogen-bond donors (Lipinski definition) is 1. The van der Waals surface area contributed by atoms with Gasteiger partial charge in [0, 0.05) is 42.3 Å². The van der Waals surface area contributed by atoms with Gasteiger partial charge in [-0.1, -0.05) is 38.1 Å². The van der Waals surface area contributed by atoms with Gasteiger partial charge in [0.05, 0.1) is 51.3 Å². The van der Waals surface area contributed by atoms with E-state index < -0.39 is 29.5 Å². The Morgan fingerprint density at radius 2 is 1.88 bits per heavy atom. The molecule has 3 aromatic heterocycles. The molecule has 1 fully saturated rings. The Labute approximate surface area is 280 Å². The molecule has 246 valence electrons. The van der Waals surface area contributed by atoms with E-state index >= 15 is 4.39 Å². The highest BCUT2D eigenvalue weighted by Crippen LogP contribution is 2.50. The number of pyridine rings is 1. The van der Waals surface area contributed by atoms with Crippen molar-refractivity contribution < 1.29 is 14.0 Å². The molecule has 11 nitrogen and oxygen atoms in total. The zero-order chi connectivity index (χ0) is 34.3. The second-order valence-corrected chi connectivity index (χ2v) is 13.2. The standard InChI is InChI=1S/C35H34ClFN8O3/c1-8-23(46)43-14-19(6)44-22(15-43)34(47)42(7)32-26-31(27(36)25(28(32)37)24-17(4)9-10-21-20(24)13-39-41-21)45(35(48)40-33(26)44)30-18(5)11-12-38-29(30)16(2)3/h8-13,16,19,22H,1,14-15H2,2-7H3,(H,39,41). The highest BCUT2D eigenvalue weighted by atomic mass is 35.5. The summed E-state index contributed by atoms with van der Waals surface area (Å²) in [5.41, 5.74) is 3.22. The Balaban J connectivity index is 1.69. The first-order valence-corrected chi connectivity index (χ1v) is 16.1. The van der Waals surface area contributed by atoms with Crippen LogP contribution in [0.2, 0.25) is 5.02 Å². The van der Waals surface area contributed by atoms with Gasteiger partial charge in [-0.3, -0.25) is 24.2 Å². The Kier molecular flexibility index (Phi) is 7.39. The lowest BCUT2D eigenvalue weighted by Gasteiger charge is -2.45. The molecule has 5 heterocycles. The summed E-state index contributed by atoms with van der Waals surface area (Å²) < 4.78 is 19.0. The van der Waals surface area contributed by atoms with Gasteiger partial charge in [-0.05, 0) is 56.0 Å². The van der Waals surface area contributed by atoms with Gasteiger partial charge < -0.3 is 14.7 Å². The number of nitrogens with one attached hydrogen (secondary N) is 1. The molecule has 2 aliphatic heterocycles. The molecule has 0 saturated carbocycles. The molecule has 0 bridgehead atoms. The molecule has 48 heavy (non-hydrogen) atoms. The van der Waals surface area contributed by atoms with Crippen molar-refractivity contribution in [3.63, 3.8) is 0 Å². The van der Waals surface area contributed by atoms with E-state index in [2.05, 4.69) is 26.7 Å². The van der Waals surface area contributed by atoms with Gasteiger partial charge in [-0.2, -0.15) is 10.1 Å². The van der Waals surface area contributed by atoms with Crippen molar-refractivity contribution in [3.05, 3.63) is 81.4 Å². The van der Waals surface area contributed by atoms with Gasteiger partial charge >= 0.3 is 5.69 Å². The Morgan fingerprint density at radius 3 is 2.58 bits per heavy atom. The minimum atomic E-state index is -0.965. The number of hydrogen-bond acceptors (Lipinski definition) is 7. The first kappa shape index (κ1) is 31.5. The fourth-order valence-corrected chi connectivity index (χ4v) is 7.69. The number of rotatable bonds is 4. The monoisotopic (exact) mass is 668 g/mol. The van der Waals surface area contributed by atoms with Crippen molar-refractivity contribution in [1.82, 2.24) is 29.6 Å². The lowest BCUT2D eigenvalue weighted by Crippen LogP contribution is -2.63. The molecule has 1 saturated heterocycles. The molecule has 2 amide bonds. The van der Waals surface area contributed by atoms with Crippen molar-refractivity contribution in [2.75, 3.05) is 29.9 Å². The highest BCUT2D eigenvalue weighted by Gasteiger charge is 2.46. The molecular formula is C35H34ClFN8O3. The number of nitrogens with zero attached hydrogens (tertiary/aromatic N) is 7. The quantitative estimate of drug-likeness (QED) is 0.254. The molecule has 5 aromatic rings. The van der Waals surface area contributed by atoms with Crippen LogP contribution in [0.15, 0.2) is 48.0 Å². The molecule has 13 heteroatoms. The maximum absolute atomic E-state index is 17.6. The van der Waals surface area contributed by atoms with Crippen LogP contribution in [0.25, 0.3) is 38.6 Å². The van der Waals surface area contributed by atoms with E-state index in [9.17, 15) is 14.4 Å². The van der Waals surface area contributed by atoms with Crippen LogP contribution in [0, 0.1) is 19.7 Å². The number of aryl methyl sites for hydroxylation is 2. The summed E-state index contributed by atoms with van der Waals surface area (Å²) >= 11 is 7.43.